The van der Waals surface area contributed by atoms with E-state index in [9.17, 15) is 9.90 Å². The summed E-state index contributed by atoms with van der Waals surface area (Å²) in [5.74, 6) is -0.870. The van der Waals surface area contributed by atoms with Crippen molar-refractivity contribution in [3.05, 3.63) is 34.3 Å². The summed E-state index contributed by atoms with van der Waals surface area (Å²) in [5.41, 5.74) is 1.12. The van der Waals surface area contributed by atoms with Crippen LogP contribution in [-0.4, -0.2) is 36.1 Å². The minimum Gasteiger partial charge on any atom is -0.481 e. The maximum absolute atomic E-state index is 11.3. The molecule has 0 saturated carbocycles. The average Bonchev–Trinajstić information content (AvgIpc) is 2.28. The molecule has 1 N–H and O–H groups in total. The Morgan fingerprint density at radius 1 is 1.53 bits per heavy atom. The molecule has 1 aromatic rings. The molecule has 1 aromatic carbocycles. The first-order valence-electron chi connectivity index (χ1n) is 5.74. The molecule has 1 aliphatic heterocycles. The van der Waals surface area contributed by atoms with Crippen molar-refractivity contribution in [3.8, 4) is 0 Å². The summed E-state index contributed by atoms with van der Waals surface area (Å²) in [6.07, 6.45) is 0.907. The highest BCUT2D eigenvalue weighted by atomic mass is 79.9. The van der Waals surface area contributed by atoms with Gasteiger partial charge in [0.2, 0.25) is 0 Å². The summed E-state index contributed by atoms with van der Waals surface area (Å²) in [5, 5.41) is 9.32. The summed E-state index contributed by atoms with van der Waals surface area (Å²) in [4.78, 5) is 13.4. The van der Waals surface area contributed by atoms with E-state index >= 15 is 0 Å². The first-order valence-corrected chi connectivity index (χ1v) is 6.54. The van der Waals surface area contributed by atoms with Crippen LogP contribution in [0, 0.1) is 5.92 Å². The third kappa shape index (κ3) is 2.87. The largest absolute Gasteiger partial charge is 0.481 e. The molecular formula is C13H16BrNO2. The van der Waals surface area contributed by atoms with Gasteiger partial charge in [0.15, 0.2) is 0 Å². The number of carbonyl (C=O) groups is 1. The smallest absolute Gasteiger partial charge is 0.308 e. The van der Waals surface area contributed by atoms with Crippen molar-refractivity contribution < 1.29 is 9.90 Å². The highest BCUT2D eigenvalue weighted by Gasteiger charge is 2.33. The summed E-state index contributed by atoms with van der Waals surface area (Å²) in [6.45, 7) is 1.59. The second-order valence-corrected chi connectivity index (χ2v) is 5.57. The van der Waals surface area contributed by atoms with Crippen LogP contribution < -0.4 is 0 Å². The Kier molecular flexibility index (Phi) is 3.84. The normalized spacial score (nSPS) is 25.8. The van der Waals surface area contributed by atoms with E-state index in [-0.39, 0.29) is 11.8 Å². The molecule has 0 aliphatic carbocycles. The van der Waals surface area contributed by atoms with Gasteiger partial charge in [-0.15, -0.1) is 0 Å². The lowest BCUT2D eigenvalue weighted by Gasteiger charge is -2.34. The number of carboxylic acid groups (broad SMARTS) is 1. The van der Waals surface area contributed by atoms with Crippen molar-refractivity contribution in [2.75, 3.05) is 20.1 Å². The third-order valence-electron chi connectivity index (χ3n) is 3.41. The van der Waals surface area contributed by atoms with Gasteiger partial charge < -0.3 is 10.0 Å². The number of likely N-dealkylation sites (tertiary alicyclic amines) is 1. The van der Waals surface area contributed by atoms with Crippen molar-refractivity contribution in [1.29, 1.82) is 0 Å². The van der Waals surface area contributed by atoms with Gasteiger partial charge in [0.1, 0.15) is 0 Å². The molecule has 1 saturated heterocycles. The number of hydrogen-bond acceptors (Lipinski definition) is 2. The molecule has 1 heterocycles. The molecule has 2 rings (SSSR count). The molecule has 2 unspecified atom stereocenters. The van der Waals surface area contributed by atoms with Crippen LogP contribution in [0.3, 0.4) is 0 Å². The molecule has 3 nitrogen and oxygen atoms in total. The fourth-order valence-electron chi connectivity index (χ4n) is 2.50. The Morgan fingerprint density at radius 3 is 2.94 bits per heavy atom. The molecule has 0 bridgehead atoms. The predicted molar refractivity (Wildman–Crippen MR) is 70.1 cm³/mol. The van der Waals surface area contributed by atoms with Gasteiger partial charge in [0.05, 0.1) is 5.92 Å². The maximum atomic E-state index is 11.3. The van der Waals surface area contributed by atoms with E-state index in [1.54, 1.807) is 0 Å². The van der Waals surface area contributed by atoms with Crippen LogP contribution in [0.5, 0.6) is 0 Å². The van der Waals surface area contributed by atoms with E-state index in [0.717, 1.165) is 23.0 Å². The predicted octanol–water partition coefficient (Wildman–Crippen LogP) is 2.57. The Hall–Kier alpha value is -0.870. The summed E-state index contributed by atoms with van der Waals surface area (Å²) in [7, 11) is 1.98. The van der Waals surface area contributed by atoms with Crippen molar-refractivity contribution in [1.82, 2.24) is 4.90 Å². The van der Waals surface area contributed by atoms with Gasteiger partial charge >= 0.3 is 5.97 Å². The van der Waals surface area contributed by atoms with E-state index in [0.29, 0.717) is 6.54 Å². The molecule has 0 spiro atoms. The molecule has 0 aromatic heterocycles. The molecule has 1 fully saturated rings. The highest BCUT2D eigenvalue weighted by Crippen LogP contribution is 2.33. The molecule has 17 heavy (non-hydrogen) atoms. The van der Waals surface area contributed by atoms with E-state index < -0.39 is 5.97 Å². The Labute approximate surface area is 110 Å². The van der Waals surface area contributed by atoms with Crippen molar-refractivity contribution >= 4 is 21.9 Å². The quantitative estimate of drug-likeness (QED) is 0.912. The average molecular weight is 298 g/mol. The second-order valence-electron chi connectivity index (χ2n) is 4.66. The summed E-state index contributed by atoms with van der Waals surface area (Å²) in [6, 6.07) is 7.99. The fourth-order valence-corrected chi connectivity index (χ4v) is 2.92. The fraction of sp³-hybridized carbons (Fsp3) is 0.462. The lowest BCUT2D eigenvalue weighted by atomic mass is 9.80. The SMILES string of the molecule is CN1CCC(c2cccc(Br)c2)C(C(=O)O)C1. The maximum Gasteiger partial charge on any atom is 0.308 e. The third-order valence-corrected chi connectivity index (χ3v) is 3.90. The minimum atomic E-state index is -0.693. The van der Waals surface area contributed by atoms with Gasteiger partial charge in [-0.1, -0.05) is 28.1 Å². The van der Waals surface area contributed by atoms with Crippen LogP contribution in [0.15, 0.2) is 28.7 Å². The van der Waals surface area contributed by atoms with E-state index in [2.05, 4.69) is 20.8 Å². The van der Waals surface area contributed by atoms with Crippen LogP contribution >= 0.6 is 15.9 Å². The van der Waals surface area contributed by atoms with Crippen molar-refractivity contribution in [3.63, 3.8) is 0 Å². The monoisotopic (exact) mass is 297 g/mol. The zero-order valence-corrected chi connectivity index (χ0v) is 11.4. The van der Waals surface area contributed by atoms with Gasteiger partial charge in [-0.3, -0.25) is 4.79 Å². The lowest BCUT2D eigenvalue weighted by molar-refractivity contribution is -0.144. The van der Waals surface area contributed by atoms with E-state index in [4.69, 9.17) is 0 Å². The molecule has 2 atom stereocenters. The van der Waals surface area contributed by atoms with E-state index in [1.165, 1.54) is 0 Å². The number of carboxylic acids is 1. The van der Waals surface area contributed by atoms with Crippen molar-refractivity contribution in [2.45, 2.75) is 12.3 Å². The minimum absolute atomic E-state index is 0.126. The van der Waals surface area contributed by atoms with Crippen LogP contribution in [0.25, 0.3) is 0 Å². The standard InChI is InChI=1S/C13H16BrNO2/c1-15-6-5-11(12(8-15)13(16)17)9-3-2-4-10(14)7-9/h2-4,7,11-12H,5-6,8H2,1H3,(H,16,17). The Morgan fingerprint density at radius 2 is 2.29 bits per heavy atom. The Bertz CT molecular complexity index is 422. The lowest BCUT2D eigenvalue weighted by Crippen LogP contribution is -2.40. The molecule has 0 amide bonds. The van der Waals surface area contributed by atoms with Crippen molar-refractivity contribution in [2.24, 2.45) is 5.92 Å². The molecule has 4 heteroatoms. The first kappa shape index (κ1) is 12.6. The second kappa shape index (κ2) is 5.19. The molecule has 0 radical (unpaired) electrons. The number of piperidine rings is 1. The number of hydrogen-bond donors (Lipinski definition) is 1. The van der Waals surface area contributed by atoms with E-state index in [1.807, 2.05) is 31.3 Å². The number of halogens is 1. The topological polar surface area (TPSA) is 40.5 Å². The zero-order valence-electron chi connectivity index (χ0n) is 9.77. The summed E-state index contributed by atoms with van der Waals surface area (Å²) >= 11 is 3.44. The van der Waals surface area contributed by atoms with Gasteiger partial charge in [-0.05, 0) is 43.6 Å². The number of nitrogens with zero attached hydrogens (tertiary/aromatic N) is 1. The highest BCUT2D eigenvalue weighted by molar-refractivity contribution is 9.10. The van der Waals surface area contributed by atoms with Gasteiger partial charge in [-0.2, -0.15) is 0 Å². The first-order chi connectivity index (χ1) is 8.08. The van der Waals surface area contributed by atoms with Crippen LogP contribution in [0.4, 0.5) is 0 Å². The van der Waals surface area contributed by atoms with Gasteiger partial charge in [-0.25, -0.2) is 0 Å². The zero-order chi connectivity index (χ0) is 12.4. The molecule has 1 aliphatic rings. The number of rotatable bonds is 2. The molecule has 92 valence electrons. The number of benzene rings is 1. The van der Waals surface area contributed by atoms with Crippen LogP contribution in [0.2, 0.25) is 0 Å². The van der Waals surface area contributed by atoms with Crippen LogP contribution in [0.1, 0.15) is 17.9 Å². The van der Waals surface area contributed by atoms with Gasteiger partial charge in [0, 0.05) is 11.0 Å². The van der Waals surface area contributed by atoms with Gasteiger partial charge in [0.25, 0.3) is 0 Å². The van der Waals surface area contributed by atoms with Crippen LogP contribution in [-0.2, 0) is 4.79 Å². The Balaban J connectivity index is 2.26. The number of aliphatic carboxylic acids is 1. The molecular weight excluding hydrogens is 282 g/mol. The summed E-state index contributed by atoms with van der Waals surface area (Å²) < 4.78 is 1.01.